The van der Waals surface area contributed by atoms with Crippen molar-refractivity contribution in [3.8, 4) is 11.5 Å². The minimum Gasteiger partial charge on any atom is -0.507 e. The number of methoxy groups -OCH3 is 1. The van der Waals surface area contributed by atoms with E-state index in [2.05, 4.69) is 0 Å². The van der Waals surface area contributed by atoms with E-state index in [1.807, 2.05) is 0 Å². The number of Topliss-reactive ketones (excluding diaryl/α,β-unsaturated/α-hetero) is 1. The number of anilines is 1. The maximum absolute atomic E-state index is 13.7. The summed E-state index contributed by atoms with van der Waals surface area (Å²) in [6.07, 6.45) is 0. The molecule has 3 aromatic carbocycles. The normalized spacial score (nSPS) is 17.2. The molecular weight excluding hydrogens is 461 g/mol. The quantitative estimate of drug-likeness (QED) is 0.285. The number of carbonyl (C=O) groups is 2. The first-order chi connectivity index (χ1) is 16.3. The van der Waals surface area contributed by atoms with Gasteiger partial charge in [-0.15, -0.1) is 0 Å². The lowest BCUT2D eigenvalue weighted by molar-refractivity contribution is -0.132. The summed E-state index contributed by atoms with van der Waals surface area (Å²) in [5.74, 6) is -1.64. The number of aliphatic hydroxyl groups excluding tert-OH is 1. The van der Waals surface area contributed by atoms with Crippen molar-refractivity contribution in [2.45, 2.75) is 13.0 Å². The summed E-state index contributed by atoms with van der Waals surface area (Å²) in [5, 5.41) is 11.6. The first kappa shape index (κ1) is 23.3. The Bertz CT molecular complexity index is 1270. The number of aliphatic hydroxyl groups is 1. The Kier molecular flexibility index (Phi) is 6.56. The fraction of sp³-hybridized carbons (Fsp3) is 0.154. The number of hydrogen-bond donors (Lipinski definition) is 1. The van der Waals surface area contributed by atoms with E-state index in [9.17, 15) is 19.1 Å². The van der Waals surface area contributed by atoms with Gasteiger partial charge in [-0.2, -0.15) is 0 Å². The molecule has 174 valence electrons. The van der Waals surface area contributed by atoms with Gasteiger partial charge < -0.3 is 14.6 Å². The van der Waals surface area contributed by atoms with Gasteiger partial charge in [0.1, 0.15) is 23.1 Å². The molecule has 6 nitrogen and oxygen atoms in total. The SMILES string of the molecule is CCOc1cc(/C(O)=C2/C(=O)C(=O)N(c3ccc(OC)cc3)C2c2ccc(F)cc2)ccc1Cl. The van der Waals surface area contributed by atoms with Crippen molar-refractivity contribution in [1.29, 1.82) is 0 Å². The molecule has 1 aliphatic rings. The smallest absolute Gasteiger partial charge is 0.300 e. The monoisotopic (exact) mass is 481 g/mol. The molecule has 1 heterocycles. The van der Waals surface area contributed by atoms with Crippen LogP contribution in [0.2, 0.25) is 5.02 Å². The molecule has 1 unspecified atom stereocenters. The number of carbonyl (C=O) groups excluding carboxylic acids is 2. The van der Waals surface area contributed by atoms with Crippen molar-refractivity contribution < 1.29 is 28.6 Å². The van der Waals surface area contributed by atoms with Crippen LogP contribution in [0, 0.1) is 5.82 Å². The molecule has 8 heteroatoms. The van der Waals surface area contributed by atoms with Crippen LogP contribution in [0.5, 0.6) is 11.5 Å². The first-order valence-electron chi connectivity index (χ1n) is 10.5. The van der Waals surface area contributed by atoms with Crippen LogP contribution in [-0.4, -0.2) is 30.5 Å². The van der Waals surface area contributed by atoms with E-state index in [-0.39, 0.29) is 16.9 Å². The zero-order valence-corrected chi connectivity index (χ0v) is 19.2. The lowest BCUT2D eigenvalue weighted by Gasteiger charge is -2.25. The maximum atomic E-state index is 13.7. The largest absolute Gasteiger partial charge is 0.507 e. The van der Waals surface area contributed by atoms with Gasteiger partial charge in [0.15, 0.2) is 0 Å². The van der Waals surface area contributed by atoms with E-state index >= 15 is 0 Å². The van der Waals surface area contributed by atoms with E-state index in [0.717, 1.165) is 0 Å². The van der Waals surface area contributed by atoms with Crippen LogP contribution in [0.15, 0.2) is 72.3 Å². The van der Waals surface area contributed by atoms with E-state index < -0.39 is 23.5 Å². The molecule has 3 aromatic rings. The maximum Gasteiger partial charge on any atom is 0.300 e. The third-order valence-electron chi connectivity index (χ3n) is 5.49. The van der Waals surface area contributed by atoms with E-state index in [0.29, 0.717) is 34.4 Å². The van der Waals surface area contributed by atoms with Crippen LogP contribution in [-0.2, 0) is 9.59 Å². The molecule has 34 heavy (non-hydrogen) atoms. The van der Waals surface area contributed by atoms with Crippen LogP contribution in [0.25, 0.3) is 5.76 Å². The molecule has 1 fully saturated rings. The molecule has 0 spiro atoms. The third-order valence-corrected chi connectivity index (χ3v) is 5.80. The number of halogens is 2. The molecule has 0 aliphatic carbocycles. The molecule has 0 bridgehead atoms. The van der Waals surface area contributed by atoms with Gasteiger partial charge in [-0.05, 0) is 67.1 Å². The Balaban J connectivity index is 1.91. The summed E-state index contributed by atoms with van der Waals surface area (Å²) >= 11 is 6.16. The molecule has 0 aromatic heterocycles. The molecule has 1 saturated heterocycles. The number of ether oxygens (including phenoxy) is 2. The zero-order chi connectivity index (χ0) is 24.4. The lowest BCUT2D eigenvalue weighted by Crippen LogP contribution is -2.29. The lowest BCUT2D eigenvalue weighted by atomic mass is 9.95. The fourth-order valence-electron chi connectivity index (χ4n) is 3.87. The van der Waals surface area contributed by atoms with Crippen LogP contribution >= 0.6 is 11.6 Å². The highest BCUT2D eigenvalue weighted by Crippen LogP contribution is 2.43. The van der Waals surface area contributed by atoms with E-state index in [4.69, 9.17) is 21.1 Å². The van der Waals surface area contributed by atoms with Gasteiger partial charge in [0, 0.05) is 11.3 Å². The number of amides is 1. The Morgan fingerprint density at radius 1 is 1.06 bits per heavy atom. The van der Waals surface area contributed by atoms with Crippen molar-refractivity contribution in [3.05, 3.63) is 94.3 Å². The molecule has 1 amide bonds. The van der Waals surface area contributed by atoms with Gasteiger partial charge in [0.2, 0.25) is 0 Å². The second-order valence-electron chi connectivity index (χ2n) is 7.50. The van der Waals surface area contributed by atoms with Crippen LogP contribution in [0.3, 0.4) is 0 Å². The van der Waals surface area contributed by atoms with E-state index in [1.54, 1.807) is 31.2 Å². The topological polar surface area (TPSA) is 76.1 Å². The van der Waals surface area contributed by atoms with Gasteiger partial charge in [0.25, 0.3) is 11.7 Å². The van der Waals surface area contributed by atoms with Crippen molar-refractivity contribution in [3.63, 3.8) is 0 Å². The first-order valence-corrected chi connectivity index (χ1v) is 10.9. The Morgan fingerprint density at radius 3 is 2.35 bits per heavy atom. The fourth-order valence-corrected chi connectivity index (χ4v) is 4.05. The average molecular weight is 482 g/mol. The third kappa shape index (κ3) is 4.22. The number of hydrogen-bond acceptors (Lipinski definition) is 5. The van der Waals surface area contributed by atoms with Crippen molar-refractivity contribution >= 4 is 34.7 Å². The summed E-state index contributed by atoms with van der Waals surface area (Å²) in [7, 11) is 1.52. The van der Waals surface area contributed by atoms with Crippen molar-refractivity contribution in [2.24, 2.45) is 0 Å². The summed E-state index contributed by atoms with van der Waals surface area (Å²) in [4.78, 5) is 27.6. The molecule has 1 atom stereocenters. The van der Waals surface area contributed by atoms with Gasteiger partial charge in [-0.3, -0.25) is 14.5 Å². The summed E-state index contributed by atoms with van der Waals surface area (Å²) in [6, 6.07) is 15.6. The average Bonchev–Trinajstić information content (AvgIpc) is 3.11. The molecule has 1 aliphatic heterocycles. The van der Waals surface area contributed by atoms with Gasteiger partial charge in [0.05, 0.1) is 30.4 Å². The Hall–Kier alpha value is -3.84. The highest BCUT2D eigenvalue weighted by atomic mass is 35.5. The standard InChI is InChI=1S/C26H21ClFNO5/c1-3-34-21-14-16(6-13-20(21)27)24(30)22-23(15-4-7-17(28)8-5-15)29(26(32)25(22)31)18-9-11-19(33-2)12-10-18/h4-14,23,30H,3H2,1-2H3/b24-22-. The molecular formula is C26H21ClFNO5. The second-order valence-corrected chi connectivity index (χ2v) is 7.90. The van der Waals surface area contributed by atoms with Gasteiger partial charge >= 0.3 is 0 Å². The number of benzene rings is 3. The van der Waals surface area contributed by atoms with Crippen LogP contribution < -0.4 is 14.4 Å². The van der Waals surface area contributed by atoms with Gasteiger partial charge in [-0.1, -0.05) is 23.7 Å². The molecule has 4 rings (SSSR count). The van der Waals surface area contributed by atoms with Crippen molar-refractivity contribution in [2.75, 3.05) is 18.6 Å². The predicted molar refractivity (Wildman–Crippen MR) is 127 cm³/mol. The highest BCUT2D eigenvalue weighted by molar-refractivity contribution is 6.51. The summed E-state index contributed by atoms with van der Waals surface area (Å²) in [6.45, 7) is 2.14. The van der Waals surface area contributed by atoms with E-state index in [1.165, 1.54) is 54.5 Å². The molecule has 0 saturated carbocycles. The number of rotatable bonds is 6. The van der Waals surface area contributed by atoms with Crippen LogP contribution in [0.4, 0.5) is 10.1 Å². The minimum absolute atomic E-state index is 0.128. The Labute approximate surface area is 200 Å². The predicted octanol–water partition coefficient (Wildman–Crippen LogP) is 5.51. The highest BCUT2D eigenvalue weighted by Gasteiger charge is 2.47. The number of ketones is 1. The number of nitrogens with zero attached hydrogens (tertiary/aromatic N) is 1. The minimum atomic E-state index is -0.986. The molecule has 0 radical (unpaired) electrons. The van der Waals surface area contributed by atoms with Crippen molar-refractivity contribution in [1.82, 2.24) is 0 Å². The summed E-state index contributed by atoms with van der Waals surface area (Å²) in [5.41, 5.74) is 1.00. The van der Waals surface area contributed by atoms with Gasteiger partial charge in [-0.25, -0.2) is 4.39 Å². The summed E-state index contributed by atoms with van der Waals surface area (Å²) < 4.78 is 24.3. The second kappa shape index (κ2) is 9.57. The zero-order valence-electron chi connectivity index (χ0n) is 18.4. The molecule has 1 N–H and O–H groups in total. The Morgan fingerprint density at radius 2 is 1.74 bits per heavy atom. The van der Waals surface area contributed by atoms with Crippen LogP contribution in [0.1, 0.15) is 24.1 Å².